The average Bonchev–Trinajstić information content (AvgIpc) is 3.44. The average molecular weight is 486 g/mol. The quantitative estimate of drug-likeness (QED) is 0.471. The summed E-state index contributed by atoms with van der Waals surface area (Å²) in [6, 6.07) is 12.8. The summed E-state index contributed by atoms with van der Waals surface area (Å²) in [6.45, 7) is 5.73. The molecular weight excluding hydrogens is 458 g/mol. The molecule has 0 aliphatic carbocycles. The molecule has 1 amide bonds. The highest BCUT2D eigenvalue weighted by atomic mass is 35.5. The van der Waals surface area contributed by atoms with E-state index in [-0.39, 0.29) is 18.6 Å². The molecule has 1 aliphatic heterocycles. The van der Waals surface area contributed by atoms with Crippen molar-refractivity contribution in [2.45, 2.75) is 32.5 Å². The highest BCUT2D eigenvalue weighted by Gasteiger charge is 2.26. The third kappa shape index (κ3) is 6.28. The number of β-amino-alcohol motifs (C(OH)–C–C–N with tert-alkyl or cyclic N) is 1. The molecule has 0 radical (unpaired) electrons. The second-order valence-electron chi connectivity index (χ2n) is 8.46. The van der Waals surface area contributed by atoms with Crippen molar-refractivity contribution in [3.05, 3.63) is 70.6 Å². The minimum atomic E-state index is -0.696. The SMILES string of the molecule is Cc1ccc(NC(=O)c2cnoc2C)c(OCC(O)CN2CCC(Oc3ccc(Cl)cc3)C2)c1. The maximum atomic E-state index is 12.5. The van der Waals surface area contributed by atoms with E-state index < -0.39 is 6.10 Å². The lowest BCUT2D eigenvalue weighted by molar-refractivity contribution is 0.0722. The van der Waals surface area contributed by atoms with Crippen molar-refractivity contribution in [3.8, 4) is 11.5 Å². The van der Waals surface area contributed by atoms with E-state index in [9.17, 15) is 9.90 Å². The minimum Gasteiger partial charge on any atom is -0.489 e. The van der Waals surface area contributed by atoms with Gasteiger partial charge in [0, 0.05) is 24.7 Å². The normalized spacial score (nSPS) is 16.9. The number of nitrogens with one attached hydrogen (secondary N) is 1. The van der Waals surface area contributed by atoms with Crippen LogP contribution in [0.2, 0.25) is 5.02 Å². The van der Waals surface area contributed by atoms with Crippen LogP contribution in [0.25, 0.3) is 0 Å². The number of aromatic nitrogens is 1. The fraction of sp³-hybridized carbons (Fsp3) is 0.360. The van der Waals surface area contributed by atoms with Gasteiger partial charge in [-0.25, -0.2) is 0 Å². The highest BCUT2D eigenvalue weighted by molar-refractivity contribution is 6.30. The number of aliphatic hydroxyl groups is 1. The summed E-state index contributed by atoms with van der Waals surface area (Å²) in [6.07, 6.45) is 1.63. The lowest BCUT2D eigenvalue weighted by Gasteiger charge is -2.21. The van der Waals surface area contributed by atoms with E-state index in [0.717, 1.165) is 30.8 Å². The molecule has 0 spiro atoms. The van der Waals surface area contributed by atoms with Gasteiger partial charge in [-0.15, -0.1) is 0 Å². The van der Waals surface area contributed by atoms with Gasteiger partial charge in [0.05, 0.1) is 11.9 Å². The van der Waals surface area contributed by atoms with Crippen LogP contribution in [-0.4, -0.2) is 59.5 Å². The maximum Gasteiger partial charge on any atom is 0.260 e. The number of benzene rings is 2. The monoisotopic (exact) mass is 485 g/mol. The number of carbonyl (C=O) groups excluding carboxylic acids is 1. The Morgan fingerprint density at radius 3 is 2.82 bits per heavy atom. The molecule has 4 rings (SSSR count). The first-order valence-corrected chi connectivity index (χ1v) is 11.5. The number of aliphatic hydroxyl groups excluding tert-OH is 1. The Labute approximate surface area is 203 Å². The molecule has 34 heavy (non-hydrogen) atoms. The van der Waals surface area contributed by atoms with Gasteiger partial charge in [-0.1, -0.05) is 22.8 Å². The van der Waals surface area contributed by atoms with Gasteiger partial charge in [0.1, 0.15) is 41.6 Å². The van der Waals surface area contributed by atoms with E-state index in [1.165, 1.54) is 6.20 Å². The number of hydrogen-bond donors (Lipinski definition) is 2. The molecular formula is C25H28ClN3O5. The summed E-state index contributed by atoms with van der Waals surface area (Å²) < 4.78 is 16.9. The molecule has 2 atom stereocenters. The number of rotatable bonds is 9. The zero-order chi connectivity index (χ0) is 24.1. The fourth-order valence-corrected chi connectivity index (χ4v) is 3.99. The van der Waals surface area contributed by atoms with E-state index >= 15 is 0 Å². The summed E-state index contributed by atoms with van der Waals surface area (Å²) in [5.74, 6) is 1.38. The van der Waals surface area contributed by atoms with Gasteiger partial charge in [-0.3, -0.25) is 9.69 Å². The number of ether oxygens (including phenoxy) is 2. The zero-order valence-corrected chi connectivity index (χ0v) is 19.9. The van der Waals surface area contributed by atoms with Crippen LogP contribution in [-0.2, 0) is 0 Å². The second-order valence-corrected chi connectivity index (χ2v) is 8.89. The van der Waals surface area contributed by atoms with Crippen molar-refractivity contribution < 1.29 is 23.9 Å². The minimum absolute atomic E-state index is 0.0637. The molecule has 180 valence electrons. The van der Waals surface area contributed by atoms with Gasteiger partial charge in [0.15, 0.2) is 0 Å². The number of hydrogen-bond acceptors (Lipinski definition) is 7. The molecule has 2 N–H and O–H groups in total. The number of carbonyl (C=O) groups is 1. The van der Waals surface area contributed by atoms with Gasteiger partial charge in [-0.2, -0.15) is 0 Å². The lowest BCUT2D eigenvalue weighted by Crippen LogP contribution is -2.35. The molecule has 1 aromatic heterocycles. The van der Waals surface area contributed by atoms with Gasteiger partial charge in [0.25, 0.3) is 5.91 Å². The standard InChI is InChI=1S/C25H28ClN3O5/c1-16-3-8-23(28-25(31)22-12-27-34-17(22)2)24(11-16)32-15-19(30)13-29-10-9-21(14-29)33-20-6-4-18(26)5-7-20/h3-8,11-12,19,21,30H,9-10,13-15H2,1-2H3,(H,28,31). The first-order valence-electron chi connectivity index (χ1n) is 11.2. The first-order chi connectivity index (χ1) is 16.4. The molecule has 2 heterocycles. The number of halogens is 1. The predicted octanol–water partition coefficient (Wildman–Crippen LogP) is 4.09. The molecule has 2 aromatic carbocycles. The maximum absolute atomic E-state index is 12.5. The Bertz CT molecular complexity index is 1120. The van der Waals surface area contributed by atoms with Crippen LogP contribution in [0.1, 0.15) is 28.1 Å². The third-order valence-electron chi connectivity index (χ3n) is 5.63. The molecule has 0 saturated carbocycles. The second kappa shape index (κ2) is 10.9. The topological polar surface area (TPSA) is 97.1 Å². The van der Waals surface area contributed by atoms with Crippen LogP contribution in [0.15, 0.2) is 53.2 Å². The smallest absolute Gasteiger partial charge is 0.260 e. The summed E-state index contributed by atoms with van der Waals surface area (Å²) in [4.78, 5) is 14.7. The van der Waals surface area contributed by atoms with E-state index in [0.29, 0.717) is 34.3 Å². The van der Waals surface area contributed by atoms with Gasteiger partial charge < -0.3 is 24.4 Å². The van der Waals surface area contributed by atoms with Crippen LogP contribution >= 0.6 is 11.6 Å². The van der Waals surface area contributed by atoms with Crippen molar-refractivity contribution in [3.63, 3.8) is 0 Å². The molecule has 0 bridgehead atoms. The summed E-state index contributed by atoms with van der Waals surface area (Å²) in [5, 5.41) is 17.7. The Kier molecular flexibility index (Phi) is 7.72. The molecule has 9 heteroatoms. The van der Waals surface area contributed by atoms with Crippen LogP contribution in [0.3, 0.4) is 0 Å². The first kappa shape index (κ1) is 24.1. The van der Waals surface area contributed by atoms with Crippen LogP contribution in [0, 0.1) is 13.8 Å². The Balaban J connectivity index is 1.28. The van der Waals surface area contributed by atoms with Gasteiger partial charge >= 0.3 is 0 Å². The molecule has 2 unspecified atom stereocenters. The van der Waals surface area contributed by atoms with Gasteiger partial charge in [-0.05, 0) is 62.2 Å². The summed E-state index contributed by atoms with van der Waals surface area (Å²) in [5.41, 5.74) is 1.85. The lowest BCUT2D eigenvalue weighted by atomic mass is 10.2. The van der Waals surface area contributed by atoms with Crippen LogP contribution in [0.5, 0.6) is 11.5 Å². The van der Waals surface area contributed by atoms with E-state index in [2.05, 4.69) is 15.4 Å². The molecule has 1 aliphatic rings. The fourth-order valence-electron chi connectivity index (χ4n) is 3.86. The zero-order valence-electron chi connectivity index (χ0n) is 19.2. The van der Waals surface area contributed by atoms with Crippen molar-refractivity contribution in [2.75, 3.05) is 31.6 Å². The van der Waals surface area contributed by atoms with Crippen molar-refractivity contribution in [1.29, 1.82) is 0 Å². The van der Waals surface area contributed by atoms with E-state index in [1.807, 2.05) is 31.2 Å². The number of anilines is 1. The van der Waals surface area contributed by atoms with E-state index in [1.54, 1.807) is 25.1 Å². The van der Waals surface area contributed by atoms with Gasteiger partial charge in [0.2, 0.25) is 0 Å². The van der Waals surface area contributed by atoms with Crippen molar-refractivity contribution in [1.82, 2.24) is 10.1 Å². The van der Waals surface area contributed by atoms with Crippen LogP contribution in [0.4, 0.5) is 5.69 Å². The molecule has 3 aromatic rings. The number of likely N-dealkylation sites (tertiary alicyclic amines) is 1. The summed E-state index contributed by atoms with van der Waals surface area (Å²) in [7, 11) is 0. The number of amides is 1. The molecule has 1 fully saturated rings. The number of nitrogens with zero attached hydrogens (tertiary/aromatic N) is 2. The van der Waals surface area contributed by atoms with Crippen molar-refractivity contribution >= 4 is 23.2 Å². The number of aryl methyl sites for hydroxylation is 2. The van der Waals surface area contributed by atoms with Crippen LogP contribution < -0.4 is 14.8 Å². The highest BCUT2D eigenvalue weighted by Crippen LogP contribution is 2.27. The van der Waals surface area contributed by atoms with E-state index in [4.69, 9.17) is 25.6 Å². The van der Waals surface area contributed by atoms with Crippen molar-refractivity contribution in [2.24, 2.45) is 0 Å². The Morgan fingerprint density at radius 1 is 1.29 bits per heavy atom. The Morgan fingerprint density at radius 2 is 2.09 bits per heavy atom. The third-order valence-corrected chi connectivity index (χ3v) is 5.88. The molecule has 8 nitrogen and oxygen atoms in total. The predicted molar refractivity (Wildman–Crippen MR) is 129 cm³/mol. The Hall–Kier alpha value is -3.07. The summed E-state index contributed by atoms with van der Waals surface area (Å²) >= 11 is 5.92. The largest absolute Gasteiger partial charge is 0.489 e. The molecule has 1 saturated heterocycles.